The Balaban J connectivity index is 2.08. The van der Waals surface area contributed by atoms with Gasteiger partial charge in [-0.3, -0.25) is 19.2 Å². The molecule has 0 radical (unpaired) electrons. The van der Waals surface area contributed by atoms with Crippen LogP contribution in [-0.2, 0) is 9.63 Å². The number of amides is 2. The fraction of sp³-hybridized carbons (Fsp3) is 0.308. The minimum atomic E-state index is -1.22. The molecule has 0 aromatic heterocycles. The number of nitrogens with zero attached hydrogens (tertiary/aromatic N) is 3. The summed E-state index contributed by atoms with van der Waals surface area (Å²) < 4.78 is 0. The lowest BCUT2D eigenvalue weighted by molar-refractivity contribution is -0.281. The first-order valence-electron chi connectivity index (χ1n) is 6.36. The minimum Gasteiger partial charge on any atom is -0.748 e. The van der Waals surface area contributed by atoms with Gasteiger partial charge in [-0.1, -0.05) is 12.1 Å². The van der Waals surface area contributed by atoms with Gasteiger partial charge in [0.2, 0.25) is 0 Å². The molecular formula is C13H14N3O6-. The molecule has 0 saturated heterocycles. The number of imide groups is 1. The van der Waals surface area contributed by atoms with E-state index in [2.05, 4.69) is 0 Å². The lowest BCUT2D eigenvalue weighted by Gasteiger charge is -2.38. The van der Waals surface area contributed by atoms with Gasteiger partial charge in [0.25, 0.3) is 11.8 Å². The number of carbonyl (C=O) groups excluding carboxylic acids is 2. The SMILES string of the molecule is CC(ON([O-])N(C)CC(=O)O)N1C(=O)c2ccccc2C1=O. The zero-order valence-electron chi connectivity index (χ0n) is 11.9. The van der Waals surface area contributed by atoms with Crippen LogP contribution in [0.25, 0.3) is 0 Å². The van der Waals surface area contributed by atoms with Gasteiger partial charge in [-0.2, -0.15) is 5.34 Å². The number of aliphatic carboxylic acids is 1. The number of rotatable bonds is 6. The Hall–Kier alpha value is -2.33. The van der Waals surface area contributed by atoms with Crippen LogP contribution in [-0.4, -0.2) is 58.0 Å². The zero-order chi connectivity index (χ0) is 16.4. The van der Waals surface area contributed by atoms with E-state index in [1.165, 1.54) is 26.1 Å². The molecule has 0 fully saturated rings. The monoisotopic (exact) mass is 308 g/mol. The van der Waals surface area contributed by atoms with Crippen molar-refractivity contribution < 1.29 is 24.3 Å². The lowest BCUT2D eigenvalue weighted by atomic mass is 10.1. The van der Waals surface area contributed by atoms with Crippen molar-refractivity contribution in [3.8, 4) is 0 Å². The molecule has 0 saturated carbocycles. The number of fused-ring (bicyclic) bond motifs is 1. The number of hydrogen-bond acceptors (Lipinski definition) is 7. The van der Waals surface area contributed by atoms with E-state index in [0.717, 1.165) is 9.91 Å². The van der Waals surface area contributed by atoms with Crippen molar-refractivity contribution in [1.82, 2.24) is 15.2 Å². The van der Waals surface area contributed by atoms with Gasteiger partial charge in [-0.05, 0) is 19.1 Å². The second-order valence-electron chi connectivity index (χ2n) is 4.68. The molecule has 1 aromatic carbocycles. The average Bonchev–Trinajstić information content (AvgIpc) is 2.70. The Morgan fingerprint density at radius 2 is 1.82 bits per heavy atom. The van der Waals surface area contributed by atoms with Crippen LogP contribution in [0.5, 0.6) is 0 Å². The van der Waals surface area contributed by atoms with Crippen molar-refractivity contribution in [3.63, 3.8) is 0 Å². The topological polar surface area (TPSA) is 113 Å². The number of carbonyl (C=O) groups is 3. The van der Waals surface area contributed by atoms with E-state index in [1.54, 1.807) is 12.1 Å². The number of carboxylic acid groups (broad SMARTS) is 1. The molecule has 1 N–H and O–H groups in total. The average molecular weight is 308 g/mol. The highest BCUT2D eigenvalue weighted by atomic mass is 16.9. The quantitative estimate of drug-likeness (QED) is 0.589. The molecule has 1 heterocycles. The van der Waals surface area contributed by atoms with Gasteiger partial charge in [0.15, 0.2) is 6.23 Å². The predicted molar refractivity (Wildman–Crippen MR) is 73.0 cm³/mol. The maximum atomic E-state index is 12.2. The maximum absolute atomic E-state index is 12.2. The molecule has 2 rings (SSSR count). The molecule has 1 unspecified atom stereocenters. The molecule has 2 amide bonds. The number of benzene rings is 1. The van der Waals surface area contributed by atoms with Crippen molar-refractivity contribution in [2.45, 2.75) is 13.2 Å². The highest BCUT2D eigenvalue weighted by molar-refractivity contribution is 6.21. The Morgan fingerprint density at radius 1 is 1.32 bits per heavy atom. The fourth-order valence-electron chi connectivity index (χ4n) is 2.05. The molecule has 0 spiro atoms. The highest BCUT2D eigenvalue weighted by Gasteiger charge is 2.39. The summed E-state index contributed by atoms with van der Waals surface area (Å²) in [6.07, 6.45) is -1.18. The van der Waals surface area contributed by atoms with Gasteiger partial charge < -0.3 is 10.3 Å². The molecule has 1 atom stereocenters. The first kappa shape index (κ1) is 16.0. The Labute approximate surface area is 125 Å². The van der Waals surface area contributed by atoms with Crippen LogP contribution in [0.4, 0.5) is 0 Å². The highest BCUT2D eigenvalue weighted by Crippen LogP contribution is 2.25. The summed E-state index contributed by atoms with van der Waals surface area (Å²) in [7, 11) is 1.20. The van der Waals surface area contributed by atoms with Crippen molar-refractivity contribution in [3.05, 3.63) is 40.6 Å². The Morgan fingerprint density at radius 3 is 2.27 bits per heavy atom. The molecule has 0 bridgehead atoms. The van der Waals surface area contributed by atoms with Gasteiger partial charge in [0.05, 0.1) is 11.1 Å². The standard InChI is InChI=1S/C13H14N3O6/c1-8(22-16(21)14(2)7-11(17)18)15-12(19)9-5-3-4-6-10(9)13(15)20/h3-6,8H,7H2,1-2H3,(H,17,18)/q-1. The molecule has 9 heteroatoms. The molecule has 1 aromatic rings. The van der Waals surface area contributed by atoms with Crippen LogP contribution >= 0.6 is 0 Å². The molecule has 118 valence electrons. The Kier molecular flexibility index (Phi) is 4.52. The van der Waals surface area contributed by atoms with Crippen molar-refractivity contribution in [1.29, 1.82) is 0 Å². The molecule has 1 aliphatic rings. The van der Waals surface area contributed by atoms with Crippen LogP contribution < -0.4 is 0 Å². The van der Waals surface area contributed by atoms with Gasteiger partial charge in [0.1, 0.15) is 6.54 Å². The summed E-state index contributed by atoms with van der Waals surface area (Å²) in [4.78, 5) is 40.6. The lowest BCUT2D eigenvalue weighted by Crippen LogP contribution is -2.47. The first-order chi connectivity index (χ1) is 10.3. The Bertz CT molecular complexity index is 585. The molecule has 0 aliphatic carbocycles. The number of hydrogen-bond donors (Lipinski definition) is 1. The summed E-state index contributed by atoms with van der Waals surface area (Å²) in [6.45, 7) is 0.763. The van der Waals surface area contributed by atoms with E-state index < -0.39 is 30.6 Å². The summed E-state index contributed by atoms with van der Waals surface area (Å²) in [5, 5.41) is 20.9. The third kappa shape index (κ3) is 2.97. The summed E-state index contributed by atoms with van der Waals surface area (Å²) in [5.74, 6) is -2.36. The number of likely N-dealkylation sites (N-methyl/N-ethyl adjacent to an activating group) is 1. The summed E-state index contributed by atoms with van der Waals surface area (Å²) >= 11 is 0. The second-order valence-corrected chi connectivity index (χ2v) is 4.68. The van der Waals surface area contributed by atoms with E-state index in [1.807, 2.05) is 0 Å². The molecular weight excluding hydrogens is 294 g/mol. The molecule has 22 heavy (non-hydrogen) atoms. The van der Waals surface area contributed by atoms with Crippen LogP contribution in [0.3, 0.4) is 0 Å². The number of hydrazine groups is 1. The third-order valence-corrected chi connectivity index (χ3v) is 3.07. The van der Waals surface area contributed by atoms with Crippen LogP contribution in [0.1, 0.15) is 27.6 Å². The largest absolute Gasteiger partial charge is 0.748 e. The van der Waals surface area contributed by atoms with Crippen LogP contribution in [0.15, 0.2) is 24.3 Å². The molecule has 1 aliphatic heterocycles. The van der Waals surface area contributed by atoms with Gasteiger partial charge >= 0.3 is 5.97 Å². The van der Waals surface area contributed by atoms with Crippen molar-refractivity contribution in [2.24, 2.45) is 0 Å². The number of carboxylic acids is 1. The summed E-state index contributed by atoms with van der Waals surface area (Å²) in [6, 6.07) is 6.26. The van der Waals surface area contributed by atoms with E-state index >= 15 is 0 Å². The zero-order valence-corrected chi connectivity index (χ0v) is 11.9. The third-order valence-electron chi connectivity index (χ3n) is 3.07. The first-order valence-corrected chi connectivity index (χ1v) is 6.36. The van der Waals surface area contributed by atoms with Gasteiger partial charge in [0, 0.05) is 7.05 Å². The van der Waals surface area contributed by atoms with Gasteiger partial charge in [-0.25, -0.2) is 9.91 Å². The van der Waals surface area contributed by atoms with E-state index in [9.17, 15) is 19.6 Å². The van der Waals surface area contributed by atoms with Crippen molar-refractivity contribution in [2.75, 3.05) is 13.6 Å². The second kappa shape index (κ2) is 6.20. The van der Waals surface area contributed by atoms with Crippen LogP contribution in [0.2, 0.25) is 0 Å². The van der Waals surface area contributed by atoms with E-state index in [0.29, 0.717) is 0 Å². The van der Waals surface area contributed by atoms with E-state index in [-0.39, 0.29) is 16.5 Å². The smallest absolute Gasteiger partial charge is 0.319 e. The van der Waals surface area contributed by atoms with Crippen molar-refractivity contribution >= 4 is 17.8 Å². The van der Waals surface area contributed by atoms with E-state index in [4.69, 9.17) is 9.94 Å². The maximum Gasteiger partial charge on any atom is 0.319 e. The van der Waals surface area contributed by atoms with Gasteiger partial charge in [-0.15, -0.1) is 0 Å². The summed E-state index contributed by atoms with van der Waals surface area (Å²) in [5.41, 5.74) is 0.471. The normalized spacial score (nSPS) is 15.6. The predicted octanol–water partition coefficient (Wildman–Crippen LogP) is 0.291. The minimum absolute atomic E-state index is 0.0671. The molecule has 9 nitrogen and oxygen atoms in total. The van der Waals surface area contributed by atoms with Crippen LogP contribution in [0, 0.1) is 5.21 Å². The fourth-order valence-corrected chi connectivity index (χ4v) is 2.05.